The van der Waals surface area contributed by atoms with Crippen molar-refractivity contribution in [3.8, 4) is 0 Å². The van der Waals surface area contributed by atoms with Gasteiger partial charge in [0.1, 0.15) is 19.3 Å². The first kappa shape index (κ1) is 23.2. The quantitative estimate of drug-likeness (QED) is 0.166. The second-order valence-corrected chi connectivity index (χ2v) is 6.87. The van der Waals surface area contributed by atoms with E-state index in [4.69, 9.17) is 19.1 Å². The SMILES string of the molecule is CO/C=C(\C(=O)OC)c1ccccc1CO/N=C\C(/C=N/OC)c1ccc(Br)cc1. The minimum absolute atomic E-state index is 0.152. The molecule has 2 aromatic carbocycles. The number of carbonyl (C=O) groups is 1. The highest BCUT2D eigenvalue weighted by atomic mass is 79.9. The van der Waals surface area contributed by atoms with Crippen LogP contribution in [0.5, 0.6) is 0 Å². The van der Waals surface area contributed by atoms with E-state index in [1.54, 1.807) is 18.5 Å². The van der Waals surface area contributed by atoms with E-state index in [0.29, 0.717) is 11.1 Å². The fourth-order valence-corrected chi connectivity index (χ4v) is 2.86. The van der Waals surface area contributed by atoms with Gasteiger partial charge in [0.2, 0.25) is 0 Å². The molecule has 158 valence electrons. The molecule has 1 unspecified atom stereocenters. The molecule has 0 spiro atoms. The topological polar surface area (TPSA) is 78.7 Å². The second kappa shape index (κ2) is 12.4. The Labute approximate surface area is 184 Å². The van der Waals surface area contributed by atoms with Gasteiger partial charge < -0.3 is 19.1 Å². The van der Waals surface area contributed by atoms with Gasteiger partial charge in [-0.1, -0.05) is 62.6 Å². The Balaban J connectivity index is 2.15. The molecule has 30 heavy (non-hydrogen) atoms. The average Bonchev–Trinajstić information content (AvgIpc) is 2.77. The molecule has 1 atom stereocenters. The Morgan fingerprint density at radius 1 is 1.03 bits per heavy atom. The third-order valence-corrected chi connectivity index (χ3v) is 4.58. The maximum Gasteiger partial charge on any atom is 0.341 e. The van der Waals surface area contributed by atoms with Crippen LogP contribution in [0.2, 0.25) is 0 Å². The Morgan fingerprint density at radius 3 is 2.40 bits per heavy atom. The van der Waals surface area contributed by atoms with Crippen molar-refractivity contribution in [2.75, 3.05) is 21.3 Å². The van der Waals surface area contributed by atoms with E-state index in [2.05, 4.69) is 26.2 Å². The van der Waals surface area contributed by atoms with E-state index < -0.39 is 5.97 Å². The van der Waals surface area contributed by atoms with Crippen LogP contribution in [0.3, 0.4) is 0 Å². The molecule has 2 aromatic rings. The highest BCUT2D eigenvalue weighted by Crippen LogP contribution is 2.22. The average molecular weight is 475 g/mol. The molecule has 2 rings (SSSR count). The molecular weight excluding hydrogens is 452 g/mol. The van der Waals surface area contributed by atoms with Crippen LogP contribution in [0.1, 0.15) is 22.6 Å². The molecular formula is C22H23BrN2O5. The number of oxime groups is 2. The van der Waals surface area contributed by atoms with Gasteiger partial charge in [0.25, 0.3) is 0 Å². The second-order valence-electron chi connectivity index (χ2n) is 5.96. The summed E-state index contributed by atoms with van der Waals surface area (Å²) < 4.78 is 10.8. The molecule has 0 fully saturated rings. The predicted molar refractivity (Wildman–Crippen MR) is 119 cm³/mol. The number of hydrogen-bond acceptors (Lipinski definition) is 7. The standard InChI is InChI=1S/C22H23BrN2O5/c1-27-15-21(22(26)28-2)20-7-5-4-6-17(20)14-30-25-13-18(12-24-29-3)16-8-10-19(23)11-9-16/h4-13,15,18H,14H2,1-3H3/b21-15-,24-12+,25-13-. The number of hydrogen-bond donors (Lipinski definition) is 0. The van der Waals surface area contributed by atoms with Gasteiger partial charge in [0.15, 0.2) is 0 Å². The fraction of sp³-hybridized carbons (Fsp3) is 0.227. The van der Waals surface area contributed by atoms with Crippen molar-refractivity contribution in [3.63, 3.8) is 0 Å². The van der Waals surface area contributed by atoms with Crippen LogP contribution in [0.4, 0.5) is 0 Å². The number of rotatable bonds is 10. The summed E-state index contributed by atoms with van der Waals surface area (Å²) in [5.41, 5.74) is 2.67. The van der Waals surface area contributed by atoms with Crippen LogP contribution in [0, 0.1) is 0 Å². The van der Waals surface area contributed by atoms with E-state index in [-0.39, 0.29) is 12.5 Å². The molecule has 0 N–H and O–H groups in total. The van der Waals surface area contributed by atoms with Gasteiger partial charge in [-0.05, 0) is 23.3 Å². The van der Waals surface area contributed by atoms with Gasteiger partial charge in [-0.15, -0.1) is 0 Å². The Hall–Kier alpha value is -3.13. The fourth-order valence-electron chi connectivity index (χ4n) is 2.60. The van der Waals surface area contributed by atoms with Gasteiger partial charge in [-0.2, -0.15) is 0 Å². The van der Waals surface area contributed by atoms with Crippen LogP contribution < -0.4 is 0 Å². The monoisotopic (exact) mass is 474 g/mol. The molecule has 7 nitrogen and oxygen atoms in total. The number of esters is 1. The smallest absolute Gasteiger partial charge is 0.341 e. The summed E-state index contributed by atoms with van der Waals surface area (Å²) in [5.74, 6) is -0.730. The largest absolute Gasteiger partial charge is 0.503 e. The first-order valence-corrected chi connectivity index (χ1v) is 9.77. The number of halogens is 1. The highest BCUT2D eigenvalue weighted by Gasteiger charge is 2.16. The third-order valence-electron chi connectivity index (χ3n) is 4.05. The molecule has 0 heterocycles. The molecule has 8 heteroatoms. The minimum Gasteiger partial charge on any atom is -0.503 e. The van der Waals surface area contributed by atoms with Crippen LogP contribution in [-0.4, -0.2) is 39.7 Å². The van der Waals surface area contributed by atoms with Crippen molar-refractivity contribution >= 4 is 39.9 Å². The molecule has 0 aliphatic carbocycles. The lowest BCUT2D eigenvalue weighted by Gasteiger charge is -2.11. The van der Waals surface area contributed by atoms with E-state index in [0.717, 1.165) is 15.6 Å². The highest BCUT2D eigenvalue weighted by molar-refractivity contribution is 9.10. The Morgan fingerprint density at radius 2 is 1.73 bits per heavy atom. The van der Waals surface area contributed by atoms with Crippen molar-refractivity contribution in [2.45, 2.75) is 12.5 Å². The molecule has 0 saturated heterocycles. The lowest BCUT2D eigenvalue weighted by atomic mass is 10.0. The zero-order chi connectivity index (χ0) is 21.8. The van der Waals surface area contributed by atoms with E-state index in [1.807, 2.05) is 42.5 Å². The number of benzene rings is 2. The lowest BCUT2D eigenvalue weighted by Crippen LogP contribution is -2.07. The molecule has 0 bridgehead atoms. The van der Waals surface area contributed by atoms with Gasteiger partial charge in [0, 0.05) is 10.0 Å². The van der Waals surface area contributed by atoms with Crippen LogP contribution in [-0.2, 0) is 30.6 Å². The van der Waals surface area contributed by atoms with Gasteiger partial charge in [0.05, 0.1) is 38.8 Å². The maximum absolute atomic E-state index is 12.1. The van der Waals surface area contributed by atoms with Crippen LogP contribution >= 0.6 is 15.9 Å². The normalized spacial score (nSPS) is 12.7. The van der Waals surface area contributed by atoms with Crippen molar-refractivity contribution in [1.82, 2.24) is 0 Å². The summed E-state index contributed by atoms with van der Waals surface area (Å²) >= 11 is 3.42. The number of methoxy groups -OCH3 is 2. The van der Waals surface area contributed by atoms with Crippen molar-refractivity contribution in [3.05, 3.63) is 76.0 Å². The molecule has 0 radical (unpaired) electrons. The van der Waals surface area contributed by atoms with E-state index in [1.165, 1.54) is 27.6 Å². The first-order valence-electron chi connectivity index (χ1n) is 8.97. The van der Waals surface area contributed by atoms with E-state index in [9.17, 15) is 4.79 Å². The summed E-state index contributed by atoms with van der Waals surface area (Å²) in [7, 11) is 4.27. The van der Waals surface area contributed by atoms with E-state index >= 15 is 0 Å². The minimum atomic E-state index is -0.501. The van der Waals surface area contributed by atoms with Crippen molar-refractivity contribution < 1.29 is 23.9 Å². The molecule has 0 aliphatic heterocycles. The zero-order valence-electron chi connectivity index (χ0n) is 16.9. The first-order chi connectivity index (χ1) is 14.6. The Bertz CT molecular complexity index is 910. The summed E-state index contributed by atoms with van der Waals surface area (Å²) in [5, 5.41) is 7.92. The molecule has 0 saturated carbocycles. The molecule has 0 aromatic heterocycles. The third kappa shape index (κ3) is 6.73. The number of carbonyl (C=O) groups excluding carboxylic acids is 1. The summed E-state index contributed by atoms with van der Waals surface area (Å²) in [6.45, 7) is 0.152. The number of nitrogens with zero attached hydrogens (tertiary/aromatic N) is 2. The summed E-state index contributed by atoms with van der Waals surface area (Å²) in [6, 6.07) is 15.1. The molecule has 0 amide bonds. The van der Waals surface area contributed by atoms with Crippen LogP contribution in [0.15, 0.2) is 69.6 Å². The van der Waals surface area contributed by atoms with Crippen LogP contribution in [0.25, 0.3) is 5.57 Å². The summed E-state index contributed by atoms with van der Waals surface area (Å²) in [6.07, 6.45) is 4.60. The van der Waals surface area contributed by atoms with Gasteiger partial charge in [-0.3, -0.25) is 0 Å². The van der Waals surface area contributed by atoms with Gasteiger partial charge >= 0.3 is 5.97 Å². The van der Waals surface area contributed by atoms with Crippen molar-refractivity contribution in [1.29, 1.82) is 0 Å². The summed E-state index contributed by atoms with van der Waals surface area (Å²) in [4.78, 5) is 22.4. The van der Waals surface area contributed by atoms with Gasteiger partial charge in [-0.25, -0.2) is 4.79 Å². The zero-order valence-corrected chi connectivity index (χ0v) is 18.5. The maximum atomic E-state index is 12.1. The Kier molecular flexibility index (Phi) is 9.60. The predicted octanol–water partition coefficient (Wildman–Crippen LogP) is 4.53. The number of ether oxygens (including phenoxy) is 2. The lowest BCUT2D eigenvalue weighted by molar-refractivity contribution is -0.133. The molecule has 0 aliphatic rings. The van der Waals surface area contributed by atoms with Crippen molar-refractivity contribution in [2.24, 2.45) is 10.3 Å².